The summed E-state index contributed by atoms with van der Waals surface area (Å²) in [5, 5.41) is 5.52. The lowest BCUT2D eigenvalue weighted by Crippen LogP contribution is -2.47. The SMILES string of the molecule is CCNC(=NCC(C)(C)c1cccs1)N1CCCC(CC(N)=O)C1. The summed E-state index contributed by atoms with van der Waals surface area (Å²) < 4.78 is 0. The molecule has 1 aromatic rings. The maximum atomic E-state index is 11.2. The first kappa shape index (κ1) is 18.8. The zero-order valence-electron chi connectivity index (χ0n) is 15.0. The van der Waals surface area contributed by atoms with E-state index >= 15 is 0 Å². The zero-order valence-corrected chi connectivity index (χ0v) is 15.9. The summed E-state index contributed by atoms with van der Waals surface area (Å²) in [4.78, 5) is 19.8. The van der Waals surface area contributed by atoms with Crippen LogP contribution in [0.2, 0.25) is 0 Å². The number of thiophene rings is 1. The lowest BCUT2D eigenvalue weighted by molar-refractivity contribution is -0.119. The Hall–Kier alpha value is -1.56. The molecule has 1 aliphatic heterocycles. The second-order valence-electron chi connectivity index (χ2n) is 7.16. The van der Waals surface area contributed by atoms with Crippen molar-refractivity contribution in [3.8, 4) is 0 Å². The molecule has 1 aliphatic rings. The minimum absolute atomic E-state index is 0.0251. The second-order valence-corrected chi connectivity index (χ2v) is 8.10. The molecule has 2 rings (SSSR count). The molecule has 1 atom stereocenters. The largest absolute Gasteiger partial charge is 0.370 e. The molecule has 24 heavy (non-hydrogen) atoms. The van der Waals surface area contributed by atoms with Crippen molar-refractivity contribution in [3.63, 3.8) is 0 Å². The van der Waals surface area contributed by atoms with Crippen molar-refractivity contribution in [1.82, 2.24) is 10.2 Å². The van der Waals surface area contributed by atoms with Crippen LogP contribution in [0.15, 0.2) is 22.5 Å². The van der Waals surface area contributed by atoms with Crippen LogP contribution in [0.3, 0.4) is 0 Å². The summed E-state index contributed by atoms with van der Waals surface area (Å²) >= 11 is 1.78. The van der Waals surface area contributed by atoms with Crippen LogP contribution in [-0.2, 0) is 10.2 Å². The summed E-state index contributed by atoms with van der Waals surface area (Å²) in [6.45, 7) is 9.98. The minimum atomic E-state index is -0.206. The highest BCUT2D eigenvalue weighted by Gasteiger charge is 2.25. The van der Waals surface area contributed by atoms with Crippen molar-refractivity contribution in [2.24, 2.45) is 16.6 Å². The average molecular weight is 351 g/mol. The van der Waals surface area contributed by atoms with Crippen LogP contribution in [0.5, 0.6) is 0 Å². The predicted molar refractivity (Wildman–Crippen MR) is 101 cm³/mol. The molecule has 0 bridgehead atoms. The summed E-state index contributed by atoms with van der Waals surface area (Å²) in [6.07, 6.45) is 2.62. The van der Waals surface area contributed by atoms with E-state index in [9.17, 15) is 4.79 Å². The predicted octanol–water partition coefficient (Wildman–Crippen LogP) is 2.58. The van der Waals surface area contributed by atoms with Gasteiger partial charge in [0.25, 0.3) is 0 Å². The summed E-state index contributed by atoms with van der Waals surface area (Å²) in [5.74, 6) is 1.09. The van der Waals surface area contributed by atoms with Gasteiger partial charge in [-0.05, 0) is 37.1 Å². The molecular weight excluding hydrogens is 320 g/mol. The molecule has 0 spiro atoms. The number of aliphatic imine (C=N–C) groups is 1. The first-order chi connectivity index (χ1) is 11.4. The van der Waals surface area contributed by atoms with Gasteiger partial charge in [0.15, 0.2) is 5.96 Å². The highest BCUT2D eigenvalue weighted by Crippen LogP contribution is 2.28. The van der Waals surface area contributed by atoms with E-state index in [0.29, 0.717) is 12.3 Å². The Morgan fingerprint density at radius 2 is 2.33 bits per heavy atom. The topological polar surface area (TPSA) is 70.7 Å². The van der Waals surface area contributed by atoms with E-state index in [1.807, 2.05) is 0 Å². The monoisotopic (exact) mass is 350 g/mol. The maximum Gasteiger partial charge on any atom is 0.217 e. The Labute approximate surface area is 149 Å². The first-order valence-corrected chi connectivity index (χ1v) is 9.66. The van der Waals surface area contributed by atoms with Gasteiger partial charge in [-0.25, -0.2) is 0 Å². The smallest absolute Gasteiger partial charge is 0.217 e. The van der Waals surface area contributed by atoms with Crippen LogP contribution >= 0.6 is 11.3 Å². The van der Waals surface area contributed by atoms with Crippen molar-refractivity contribution in [2.45, 2.75) is 45.4 Å². The quantitative estimate of drug-likeness (QED) is 0.612. The number of hydrogen-bond acceptors (Lipinski definition) is 3. The number of likely N-dealkylation sites (tertiary alicyclic amines) is 1. The number of nitrogens with one attached hydrogen (secondary N) is 1. The average Bonchev–Trinajstić information content (AvgIpc) is 3.06. The number of piperidine rings is 1. The van der Waals surface area contributed by atoms with Crippen molar-refractivity contribution in [3.05, 3.63) is 22.4 Å². The van der Waals surface area contributed by atoms with Crippen molar-refractivity contribution in [1.29, 1.82) is 0 Å². The standard InChI is InChI=1S/C18H30N4OS/c1-4-20-17(21-13-18(2,3)15-8-6-10-24-15)22-9-5-7-14(12-22)11-16(19)23/h6,8,10,14H,4-5,7,9,11-13H2,1-3H3,(H2,19,23)(H,20,21). The molecule has 0 saturated carbocycles. The van der Waals surface area contributed by atoms with E-state index in [1.54, 1.807) is 11.3 Å². The van der Waals surface area contributed by atoms with Gasteiger partial charge in [0.05, 0.1) is 6.54 Å². The molecule has 1 unspecified atom stereocenters. The van der Waals surface area contributed by atoms with E-state index < -0.39 is 0 Å². The summed E-state index contributed by atoms with van der Waals surface area (Å²) in [5.41, 5.74) is 5.40. The van der Waals surface area contributed by atoms with Gasteiger partial charge in [-0.15, -0.1) is 11.3 Å². The molecule has 6 heteroatoms. The van der Waals surface area contributed by atoms with Crippen molar-refractivity contribution >= 4 is 23.2 Å². The van der Waals surface area contributed by atoms with Gasteiger partial charge < -0.3 is 16.0 Å². The van der Waals surface area contributed by atoms with E-state index in [1.165, 1.54) is 4.88 Å². The van der Waals surface area contributed by atoms with Crippen LogP contribution in [-0.4, -0.2) is 42.9 Å². The maximum absolute atomic E-state index is 11.2. The Kier molecular flexibility index (Phi) is 6.66. The molecule has 0 radical (unpaired) electrons. The molecule has 0 aliphatic carbocycles. The first-order valence-electron chi connectivity index (χ1n) is 8.78. The molecule has 134 valence electrons. The molecule has 5 nitrogen and oxygen atoms in total. The fourth-order valence-electron chi connectivity index (χ4n) is 3.15. The zero-order chi connectivity index (χ0) is 17.6. The van der Waals surface area contributed by atoms with Gasteiger partial charge in [0.2, 0.25) is 5.91 Å². The van der Waals surface area contributed by atoms with Crippen LogP contribution in [0, 0.1) is 5.92 Å². The van der Waals surface area contributed by atoms with E-state index in [0.717, 1.165) is 45.0 Å². The number of carbonyl (C=O) groups is 1. The molecule has 1 amide bonds. The third-order valence-electron chi connectivity index (χ3n) is 4.46. The van der Waals surface area contributed by atoms with Crippen molar-refractivity contribution in [2.75, 3.05) is 26.2 Å². The van der Waals surface area contributed by atoms with E-state index in [-0.39, 0.29) is 11.3 Å². The van der Waals surface area contributed by atoms with Gasteiger partial charge >= 0.3 is 0 Å². The normalized spacial score (nSPS) is 19.4. The lowest BCUT2D eigenvalue weighted by atomic mass is 9.92. The highest BCUT2D eigenvalue weighted by molar-refractivity contribution is 7.10. The number of amides is 1. The Balaban J connectivity index is 2.06. The van der Waals surface area contributed by atoms with E-state index in [2.05, 4.69) is 48.5 Å². The Morgan fingerprint density at radius 3 is 2.96 bits per heavy atom. The molecule has 3 N–H and O–H groups in total. The van der Waals surface area contributed by atoms with Crippen molar-refractivity contribution < 1.29 is 4.79 Å². The number of nitrogens with zero attached hydrogens (tertiary/aromatic N) is 2. The third-order valence-corrected chi connectivity index (χ3v) is 5.69. The number of guanidine groups is 1. The van der Waals surface area contributed by atoms with Gasteiger partial charge in [0, 0.05) is 36.3 Å². The fourth-order valence-corrected chi connectivity index (χ4v) is 3.99. The molecule has 1 fully saturated rings. The van der Waals surface area contributed by atoms with Gasteiger partial charge in [0.1, 0.15) is 0 Å². The minimum Gasteiger partial charge on any atom is -0.370 e. The number of hydrogen-bond donors (Lipinski definition) is 2. The lowest BCUT2D eigenvalue weighted by Gasteiger charge is -2.35. The van der Waals surface area contributed by atoms with Crippen LogP contribution < -0.4 is 11.1 Å². The number of primary amides is 1. The Bertz CT molecular complexity index is 553. The fraction of sp³-hybridized carbons (Fsp3) is 0.667. The van der Waals surface area contributed by atoms with Crippen LogP contribution in [0.4, 0.5) is 0 Å². The summed E-state index contributed by atoms with van der Waals surface area (Å²) in [6, 6.07) is 4.27. The van der Waals surface area contributed by atoms with Crippen LogP contribution in [0.25, 0.3) is 0 Å². The highest BCUT2D eigenvalue weighted by atomic mass is 32.1. The summed E-state index contributed by atoms with van der Waals surface area (Å²) in [7, 11) is 0. The van der Waals surface area contributed by atoms with Gasteiger partial charge in [-0.1, -0.05) is 19.9 Å². The number of carbonyl (C=O) groups excluding carboxylic acids is 1. The van der Waals surface area contributed by atoms with Gasteiger partial charge in [-0.3, -0.25) is 9.79 Å². The second kappa shape index (κ2) is 8.51. The van der Waals surface area contributed by atoms with E-state index in [4.69, 9.17) is 10.7 Å². The molecule has 0 aromatic carbocycles. The molecule has 1 aromatic heterocycles. The van der Waals surface area contributed by atoms with Crippen LogP contribution in [0.1, 0.15) is 44.9 Å². The van der Waals surface area contributed by atoms with Gasteiger partial charge in [-0.2, -0.15) is 0 Å². The number of nitrogens with two attached hydrogens (primary N) is 1. The Morgan fingerprint density at radius 1 is 1.54 bits per heavy atom. The third kappa shape index (κ3) is 5.23. The molecule has 2 heterocycles. The molecule has 1 saturated heterocycles. The molecular formula is C18H30N4OS. The number of rotatable bonds is 6.